The number of para-hydroxylation sites is 1. The Morgan fingerprint density at radius 2 is 2.27 bits per heavy atom. The molecule has 15 heavy (non-hydrogen) atoms. The summed E-state index contributed by atoms with van der Waals surface area (Å²) in [6.07, 6.45) is 0.878. The van der Waals surface area contributed by atoms with Crippen LogP contribution in [0.4, 0.5) is 0 Å². The molecule has 2 N–H and O–H groups in total. The lowest BCUT2D eigenvalue weighted by Gasteiger charge is -2.07. The van der Waals surface area contributed by atoms with Crippen LogP contribution in [-0.4, -0.2) is 15.8 Å². The van der Waals surface area contributed by atoms with Crippen molar-refractivity contribution in [1.29, 1.82) is 0 Å². The van der Waals surface area contributed by atoms with Crippen LogP contribution < -0.4 is 5.73 Å². The second-order valence-corrected chi connectivity index (χ2v) is 4.66. The minimum Gasteiger partial charge on any atom is -0.328 e. The van der Waals surface area contributed by atoms with Crippen LogP contribution >= 0.6 is 15.9 Å². The highest BCUT2D eigenvalue weighted by atomic mass is 79.9. The second-order valence-electron chi connectivity index (χ2n) is 3.91. The van der Waals surface area contributed by atoms with Crippen molar-refractivity contribution in [2.75, 3.05) is 0 Å². The van der Waals surface area contributed by atoms with Gasteiger partial charge in [-0.25, -0.2) is 0 Å². The van der Waals surface area contributed by atoms with E-state index in [1.165, 1.54) is 11.1 Å². The van der Waals surface area contributed by atoms with Gasteiger partial charge in [-0.1, -0.05) is 18.2 Å². The van der Waals surface area contributed by atoms with E-state index in [0.29, 0.717) is 0 Å². The Bertz CT molecular complexity index is 488. The third-order valence-corrected chi connectivity index (χ3v) is 3.03. The Balaban J connectivity index is 2.64. The van der Waals surface area contributed by atoms with Crippen molar-refractivity contribution in [3.05, 3.63) is 28.4 Å². The number of hydrogen-bond donors (Lipinski definition) is 1. The highest BCUT2D eigenvalue weighted by molar-refractivity contribution is 9.10. The van der Waals surface area contributed by atoms with Crippen LogP contribution in [0.2, 0.25) is 0 Å². The third kappa shape index (κ3) is 1.92. The van der Waals surface area contributed by atoms with Crippen molar-refractivity contribution < 1.29 is 0 Å². The summed E-state index contributed by atoms with van der Waals surface area (Å²) >= 11 is 3.45. The number of benzene rings is 1. The molecular weight excluding hydrogens is 254 g/mol. The topological polar surface area (TPSA) is 43.8 Å². The molecular formula is C11H14BrN3. The standard InChI is InChI=1S/C11H14BrN3/c1-7(13)6-8-4-3-5-9-10(8)15(2)14-11(9)12/h3-5,7H,6,13H2,1-2H3. The van der Waals surface area contributed by atoms with Gasteiger partial charge in [0.15, 0.2) is 0 Å². The number of hydrogen-bond acceptors (Lipinski definition) is 2. The summed E-state index contributed by atoms with van der Waals surface area (Å²) in [6, 6.07) is 6.40. The molecule has 1 heterocycles. The molecule has 1 unspecified atom stereocenters. The van der Waals surface area contributed by atoms with Gasteiger partial charge in [-0.3, -0.25) is 4.68 Å². The van der Waals surface area contributed by atoms with E-state index in [1.54, 1.807) is 0 Å². The molecule has 0 bridgehead atoms. The Morgan fingerprint density at radius 1 is 1.53 bits per heavy atom. The highest BCUT2D eigenvalue weighted by Crippen LogP contribution is 2.25. The maximum atomic E-state index is 5.83. The highest BCUT2D eigenvalue weighted by Gasteiger charge is 2.10. The van der Waals surface area contributed by atoms with Crippen molar-refractivity contribution in [3.63, 3.8) is 0 Å². The van der Waals surface area contributed by atoms with Gasteiger partial charge in [0.1, 0.15) is 4.60 Å². The fourth-order valence-electron chi connectivity index (χ4n) is 1.89. The molecule has 4 heteroatoms. The lowest BCUT2D eigenvalue weighted by atomic mass is 10.1. The predicted molar refractivity (Wildman–Crippen MR) is 65.8 cm³/mol. The number of rotatable bonds is 2. The van der Waals surface area contributed by atoms with Crippen molar-refractivity contribution >= 4 is 26.8 Å². The summed E-state index contributed by atoms with van der Waals surface area (Å²) < 4.78 is 2.79. The summed E-state index contributed by atoms with van der Waals surface area (Å²) in [5, 5.41) is 5.50. The van der Waals surface area contributed by atoms with E-state index in [0.717, 1.165) is 16.4 Å². The number of halogens is 1. The first kappa shape index (κ1) is 10.6. The fraction of sp³-hybridized carbons (Fsp3) is 0.364. The van der Waals surface area contributed by atoms with Crippen LogP contribution in [-0.2, 0) is 13.5 Å². The van der Waals surface area contributed by atoms with Crippen LogP contribution in [0.5, 0.6) is 0 Å². The van der Waals surface area contributed by atoms with Gasteiger partial charge in [0.25, 0.3) is 0 Å². The Labute approximate surface area is 97.4 Å². The normalized spacial score (nSPS) is 13.3. The number of nitrogens with two attached hydrogens (primary N) is 1. The van der Waals surface area contributed by atoms with Crippen molar-refractivity contribution in [2.45, 2.75) is 19.4 Å². The lowest BCUT2D eigenvalue weighted by Crippen LogP contribution is -2.18. The molecule has 0 saturated carbocycles. The largest absolute Gasteiger partial charge is 0.328 e. The zero-order valence-electron chi connectivity index (χ0n) is 8.87. The van der Waals surface area contributed by atoms with E-state index in [9.17, 15) is 0 Å². The SMILES string of the molecule is CC(N)Cc1cccc2c(Br)nn(C)c12. The Kier molecular flexibility index (Phi) is 2.80. The summed E-state index contributed by atoms with van der Waals surface area (Å²) in [5.74, 6) is 0. The fourth-order valence-corrected chi connectivity index (χ4v) is 2.44. The lowest BCUT2D eigenvalue weighted by molar-refractivity contribution is 0.730. The average Bonchev–Trinajstić information content (AvgIpc) is 2.43. The van der Waals surface area contributed by atoms with Crippen LogP contribution in [0.1, 0.15) is 12.5 Å². The minimum atomic E-state index is 0.171. The van der Waals surface area contributed by atoms with E-state index in [2.05, 4.69) is 33.2 Å². The minimum absolute atomic E-state index is 0.171. The molecule has 0 saturated heterocycles. The molecule has 0 spiro atoms. The first-order chi connectivity index (χ1) is 7.09. The molecule has 0 aliphatic carbocycles. The van der Waals surface area contributed by atoms with E-state index in [-0.39, 0.29) is 6.04 Å². The zero-order chi connectivity index (χ0) is 11.0. The summed E-state index contributed by atoms with van der Waals surface area (Å²) in [7, 11) is 1.96. The molecule has 1 atom stereocenters. The van der Waals surface area contributed by atoms with Crippen LogP contribution in [0.15, 0.2) is 22.8 Å². The van der Waals surface area contributed by atoms with Gasteiger partial charge >= 0.3 is 0 Å². The maximum Gasteiger partial charge on any atom is 0.135 e. The van der Waals surface area contributed by atoms with Gasteiger partial charge in [0, 0.05) is 18.5 Å². The van der Waals surface area contributed by atoms with Gasteiger partial charge < -0.3 is 5.73 Å². The van der Waals surface area contributed by atoms with Crippen LogP contribution in [0.25, 0.3) is 10.9 Å². The van der Waals surface area contributed by atoms with Gasteiger partial charge in [-0.15, -0.1) is 0 Å². The quantitative estimate of drug-likeness (QED) is 0.907. The molecule has 2 aromatic rings. The Hall–Kier alpha value is -0.870. The van der Waals surface area contributed by atoms with Crippen molar-refractivity contribution in [3.8, 4) is 0 Å². The molecule has 0 aliphatic rings. The van der Waals surface area contributed by atoms with Gasteiger partial charge in [0.2, 0.25) is 0 Å². The van der Waals surface area contributed by atoms with Crippen molar-refractivity contribution in [1.82, 2.24) is 9.78 Å². The monoisotopic (exact) mass is 267 g/mol. The third-order valence-electron chi connectivity index (χ3n) is 2.45. The first-order valence-corrected chi connectivity index (χ1v) is 5.74. The molecule has 3 nitrogen and oxygen atoms in total. The second kappa shape index (κ2) is 3.94. The molecule has 0 amide bonds. The molecule has 1 aromatic heterocycles. The van der Waals surface area contributed by atoms with E-state index < -0.39 is 0 Å². The molecule has 1 aromatic carbocycles. The number of aromatic nitrogens is 2. The smallest absolute Gasteiger partial charge is 0.135 e. The maximum absolute atomic E-state index is 5.83. The van der Waals surface area contributed by atoms with Crippen LogP contribution in [0, 0.1) is 0 Å². The Morgan fingerprint density at radius 3 is 2.93 bits per heavy atom. The van der Waals surface area contributed by atoms with E-state index >= 15 is 0 Å². The number of aryl methyl sites for hydroxylation is 1. The number of fused-ring (bicyclic) bond motifs is 1. The molecule has 0 fully saturated rings. The first-order valence-electron chi connectivity index (χ1n) is 4.95. The average molecular weight is 268 g/mol. The van der Waals surface area contributed by atoms with E-state index in [4.69, 9.17) is 5.73 Å². The predicted octanol–water partition coefficient (Wildman–Crippen LogP) is 2.23. The van der Waals surface area contributed by atoms with E-state index in [1.807, 2.05) is 24.7 Å². The molecule has 0 aliphatic heterocycles. The van der Waals surface area contributed by atoms with Crippen LogP contribution in [0.3, 0.4) is 0 Å². The van der Waals surface area contributed by atoms with Crippen molar-refractivity contribution in [2.24, 2.45) is 12.8 Å². The number of nitrogens with zero attached hydrogens (tertiary/aromatic N) is 2. The summed E-state index contributed by atoms with van der Waals surface area (Å²) in [6.45, 7) is 2.02. The molecule has 0 radical (unpaired) electrons. The van der Waals surface area contributed by atoms with Gasteiger partial charge in [0.05, 0.1) is 5.52 Å². The molecule has 80 valence electrons. The van der Waals surface area contributed by atoms with Gasteiger partial charge in [-0.05, 0) is 34.8 Å². The summed E-state index contributed by atoms with van der Waals surface area (Å²) in [4.78, 5) is 0. The zero-order valence-corrected chi connectivity index (χ0v) is 10.5. The summed E-state index contributed by atoms with van der Waals surface area (Å²) in [5.41, 5.74) is 8.25. The van der Waals surface area contributed by atoms with Gasteiger partial charge in [-0.2, -0.15) is 5.10 Å². The molecule has 2 rings (SSSR count).